The van der Waals surface area contributed by atoms with Crippen molar-refractivity contribution in [1.82, 2.24) is 5.32 Å². The molecule has 0 aliphatic heterocycles. The number of hydrogen-bond acceptors (Lipinski definition) is 2. The van der Waals surface area contributed by atoms with Gasteiger partial charge in [-0.25, -0.2) is 0 Å². The van der Waals surface area contributed by atoms with Crippen LogP contribution in [-0.4, -0.2) is 22.8 Å². The van der Waals surface area contributed by atoms with Crippen molar-refractivity contribution >= 4 is 0 Å². The average molecular weight is 241 g/mol. The third-order valence-electron chi connectivity index (χ3n) is 4.09. The van der Waals surface area contributed by atoms with Gasteiger partial charge < -0.3 is 10.4 Å². The molecule has 1 rings (SSSR count). The molecule has 0 amide bonds. The van der Waals surface area contributed by atoms with Crippen molar-refractivity contribution in [2.24, 2.45) is 17.8 Å². The summed E-state index contributed by atoms with van der Waals surface area (Å²) in [7, 11) is 0. The van der Waals surface area contributed by atoms with E-state index in [9.17, 15) is 5.11 Å². The Bertz CT molecular complexity index is 244. The lowest BCUT2D eigenvalue weighted by Gasteiger charge is -2.46. The molecule has 0 radical (unpaired) electrons. The number of hydrogen-bond donors (Lipinski definition) is 2. The largest absolute Gasteiger partial charge is 0.388 e. The fraction of sp³-hybridized carbons (Fsp3) is 1.00. The van der Waals surface area contributed by atoms with Gasteiger partial charge in [0.1, 0.15) is 0 Å². The number of nitrogens with one attached hydrogen (secondary N) is 1. The molecular formula is C15H31NO. The van der Waals surface area contributed by atoms with Crippen molar-refractivity contribution in [1.29, 1.82) is 0 Å². The zero-order valence-electron chi connectivity index (χ0n) is 12.5. The summed E-state index contributed by atoms with van der Waals surface area (Å²) in [4.78, 5) is 0. The monoisotopic (exact) mass is 241 g/mol. The van der Waals surface area contributed by atoms with E-state index in [0.717, 1.165) is 13.0 Å². The lowest BCUT2D eigenvalue weighted by Crippen LogP contribution is -2.55. The molecule has 1 saturated carbocycles. The predicted octanol–water partition coefficient (Wildman–Crippen LogP) is 3.20. The molecule has 0 aromatic heterocycles. The van der Waals surface area contributed by atoms with Crippen LogP contribution in [0.2, 0.25) is 0 Å². The summed E-state index contributed by atoms with van der Waals surface area (Å²) in [5.41, 5.74) is -0.433. The van der Waals surface area contributed by atoms with Crippen LogP contribution in [-0.2, 0) is 0 Å². The highest BCUT2D eigenvalue weighted by atomic mass is 16.3. The maximum Gasteiger partial charge on any atom is 0.0804 e. The Morgan fingerprint density at radius 2 is 1.88 bits per heavy atom. The molecule has 1 aliphatic carbocycles. The van der Waals surface area contributed by atoms with Gasteiger partial charge in [0.2, 0.25) is 0 Å². The summed E-state index contributed by atoms with van der Waals surface area (Å²) < 4.78 is 0. The van der Waals surface area contributed by atoms with Crippen LogP contribution in [0.4, 0.5) is 0 Å². The fourth-order valence-electron chi connectivity index (χ4n) is 3.16. The van der Waals surface area contributed by atoms with Gasteiger partial charge in [-0.15, -0.1) is 0 Å². The van der Waals surface area contributed by atoms with Crippen LogP contribution in [0.3, 0.4) is 0 Å². The van der Waals surface area contributed by atoms with Crippen LogP contribution < -0.4 is 5.32 Å². The summed E-state index contributed by atoms with van der Waals surface area (Å²) in [6.45, 7) is 13.9. The number of β-amino-alcohol motifs (C(OH)–C–C–N with tert-alkyl or cyclic N) is 1. The van der Waals surface area contributed by atoms with Gasteiger partial charge in [-0.1, -0.05) is 27.2 Å². The molecule has 0 aromatic carbocycles. The second-order valence-electron chi connectivity index (χ2n) is 7.44. The van der Waals surface area contributed by atoms with Crippen molar-refractivity contribution in [2.75, 3.05) is 6.54 Å². The molecule has 102 valence electrons. The molecule has 17 heavy (non-hydrogen) atoms. The van der Waals surface area contributed by atoms with Crippen molar-refractivity contribution < 1.29 is 5.11 Å². The molecular weight excluding hydrogens is 210 g/mol. The van der Waals surface area contributed by atoms with Crippen molar-refractivity contribution in [3.8, 4) is 0 Å². The molecule has 1 fully saturated rings. The molecule has 3 atom stereocenters. The van der Waals surface area contributed by atoms with E-state index in [1.807, 2.05) is 0 Å². The van der Waals surface area contributed by atoms with E-state index < -0.39 is 5.60 Å². The fourth-order valence-corrected chi connectivity index (χ4v) is 3.16. The van der Waals surface area contributed by atoms with E-state index in [1.165, 1.54) is 12.8 Å². The summed E-state index contributed by atoms with van der Waals surface area (Å²) in [6.07, 6.45) is 3.38. The minimum absolute atomic E-state index is 0.0813. The van der Waals surface area contributed by atoms with Gasteiger partial charge in [0.05, 0.1) is 5.60 Å². The van der Waals surface area contributed by atoms with Crippen LogP contribution >= 0.6 is 0 Å². The average Bonchev–Trinajstić information content (AvgIpc) is 2.13. The summed E-state index contributed by atoms with van der Waals surface area (Å²) >= 11 is 0. The first-order chi connectivity index (χ1) is 7.64. The zero-order chi connectivity index (χ0) is 13.3. The molecule has 3 unspecified atom stereocenters. The topological polar surface area (TPSA) is 32.3 Å². The van der Waals surface area contributed by atoms with Gasteiger partial charge in [0.25, 0.3) is 0 Å². The quantitative estimate of drug-likeness (QED) is 0.795. The number of rotatable bonds is 3. The highest BCUT2D eigenvalue weighted by Crippen LogP contribution is 2.40. The first kappa shape index (κ1) is 15.0. The molecule has 2 N–H and O–H groups in total. The first-order valence-corrected chi connectivity index (χ1v) is 7.11. The van der Waals surface area contributed by atoms with Crippen LogP contribution in [0.15, 0.2) is 0 Å². The van der Waals surface area contributed by atoms with Crippen LogP contribution in [0.5, 0.6) is 0 Å². The Hall–Kier alpha value is -0.0800. The van der Waals surface area contributed by atoms with E-state index in [0.29, 0.717) is 17.8 Å². The van der Waals surface area contributed by atoms with E-state index in [1.54, 1.807) is 0 Å². The van der Waals surface area contributed by atoms with E-state index >= 15 is 0 Å². The molecule has 2 heteroatoms. The predicted molar refractivity (Wildman–Crippen MR) is 74.0 cm³/mol. The third-order valence-corrected chi connectivity index (χ3v) is 4.09. The molecule has 1 aliphatic rings. The minimum atomic E-state index is -0.515. The van der Waals surface area contributed by atoms with Crippen molar-refractivity contribution in [3.05, 3.63) is 0 Å². The standard InChI is InChI=1S/C15H31NO/c1-11(2)13-8-7-12(3)9-15(13,17)10-16-14(4,5)6/h11-13,16-17H,7-10H2,1-6H3. The summed E-state index contributed by atoms with van der Waals surface area (Å²) in [5, 5.41) is 14.5. The second-order valence-corrected chi connectivity index (χ2v) is 7.44. The second kappa shape index (κ2) is 5.27. The van der Waals surface area contributed by atoms with Crippen molar-refractivity contribution in [2.45, 2.75) is 71.9 Å². The van der Waals surface area contributed by atoms with Gasteiger partial charge in [-0.2, -0.15) is 0 Å². The number of aliphatic hydroxyl groups is 1. The molecule has 2 nitrogen and oxygen atoms in total. The summed E-state index contributed by atoms with van der Waals surface area (Å²) in [6, 6.07) is 0. The smallest absolute Gasteiger partial charge is 0.0804 e. The Morgan fingerprint density at radius 3 is 2.35 bits per heavy atom. The van der Waals surface area contributed by atoms with Gasteiger partial charge in [0, 0.05) is 12.1 Å². The maximum absolute atomic E-state index is 11.0. The highest BCUT2D eigenvalue weighted by molar-refractivity contribution is 4.96. The summed E-state index contributed by atoms with van der Waals surface area (Å²) in [5.74, 6) is 1.65. The molecule has 0 aromatic rings. The Kier molecular flexibility index (Phi) is 4.65. The van der Waals surface area contributed by atoms with Crippen molar-refractivity contribution in [3.63, 3.8) is 0 Å². The minimum Gasteiger partial charge on any atom is -0.388 e. The third kappa shape index (κ3) is 4.26. The molecule has 0 bridgehead atoms. The normalized spacial score (nSPS) is 35.3. The Labute approximate surface area is 107 Å². The van der Waals surface area contributed by atoms with E-state index in [4.69, 9.17) is 0 Å². The van der Waals surface area contributed by atoms with Crippen LogP contribution in [0.25, 0.3) is 0 Å². The van der Waals surface area contributed by atoms with E-state index in [2.05, 4.69) is 46.9 Å². The molecule has 0 spiro atoms. The van der Waals surface area contributed by atoms with Gasteiger partial charge in [-0.3, -0.25) is 0 Å². The maximum atomic E-state index is 11.0. The Balaban J connectivity index is 2.71. The highest BCUT2D eigenvalue weighted by Gasteiger charge is 2.42. The van der Waals surface area contributed by atoms with Crippen LogP contribution in [0.1, 0.15) is 60.8 Å². The van der Waals surface area contributed by atoms with Gasteiger partial charge in [0.15, 0.2) is 0 Å². The molecule has 0 heterocycles. The van der Waals surface area contributed by atoms with Crippen LogP contribution in [0, 0.1) is 17.8 Å². The van der Waals surface area contributed by atoms with E-state index in [-0.39, 0.29) is 5.54 Å². The lowest BCUT2D eigenvalue weighted by molar-refractivity contribution is -0.0809. The lowest BCUT2D eigenvalue weighted by atomic mass is 9.67. The SMILES string of the molecule is CC1CCC(C(C)C)C(O)(CNC(C)(C)C)C1. The van der Waals surface area contributed by atoms with Gasteiger partial charge >= 0.3 is 0 Å². The zero-order valence-corrected chi connectivity index (χ0v) is 12.5. The first-order valence-electron chi connectivity index (χ1n) is 7.11. The van der Waals surface area contributed by atoms with Gasteiger partial charge in [-0.05, 0) is 51.4 Å². The Morgan fingerprint density at radius 1 is 1.29 bits per heavy atom. The molecule has 0 saturated heterocycles.